The number of aromatic nitrogens is 2. The SMILES string of the molecule is O=C(Nn1cnc2ccccc21)N1CCN(c2cccc(Cl)c2)CC1. The lowest BCUT2D eigenvalue weighted by molar-refractivity contribution is 0.205. The number of urea groups is 1. The van der Waals surface area contributed by atoms with Crippen molar-refractivity contribution in [2.45, 2.75) is 0 Å². The van der Waals surface area contributed by atoms with Gasteiger partial charge < -0.3 is 9.80 Å². The quantitative estimate of drug-likeness (QED) is 0.768. The highest BCUT2D eigenvalue weighted by molar-refractivity contribution is 6.30. The highest BCUT2D eigenvalue weighted by atomic mass is 35.5. The van der Waals surface area contributed by atoms with Crippen molar-refractivity contribution in [2.75, 3.05) is 36.5 Å². The summed E-state index contributed by atoms with van der Waals surface area (Å²) in [6.07, 6.45) is 1.63. The second kappa shape index (κ2) is 6.64. The topological polar surface area (TPSA) is 53.4 Å². The number of hydrogen-bond acceptors (Lipinski definition) is 3. The molecule has 1 fully saturated rings. The second-order valence-corrected chi connectivity index (χ2v) is 6.41. The molecule has 25 heavy (non-hydrogen) atoms. The third kappa shape index (κ3) is 3.25. The molecule has 4 rings (SSSR count). The van der Waals surface area contributed by atoms with Crippen molar-refractivity contribution in [3.8, 4) is 0 Å². The fourth-order valence-corrected chi connectivity index (χ4v) is 3.25. The number of carbonyl (C=O) groups excluding carboxylic acids is 1. The van der Waals surface area contributed by atoms with Crippen molar-refractivity contribution in [1.82, 2.24) is 14.6 Å². The van der Waals surface area contributed by atoms with Gasteiger partial charge in [-0.2, -0.15) is 0 Å². The van der Waals surface area contributed by atoms with Gasteiger partial charge in [0.05, 0.1) is 11.0 Å². The average Bonchev–Trinajstić information content (AvgIpc) is 3.05. The van der Waals surface area contributed by atoms with Gasteiger partial charge in [0, 0.05) is 36.9 Å². The molecular formula is C18H18ClN5O. The Labute approximate surface area is 150 Å². The molecule has 2 heterocycles. The van der Waals surface area contributed by atoms with Gasteiger partial charge in [-0.3, -0.25) is 0 Å². The summed E-state index contributed by atoms with van der Waals surface area (Å²) in [5.41, 5.74) is 5.73. The molecule has 1 aliphatic heterocycles. The first-order chi connectivity index (χ1) is 12.2. The van der Waals surface area contributed by atoms with Crippen LogP contribution in [0, 0.1) is 0 Å². The lowest BCUT2D eigenvalue weighted by atomic mass is 10.2. The number of carbonyl (C=O) groups is 1. The van der Waals surface area contributed by atoms with Crippen LogP contribution in [0.5, 0.6) is 0 Å². The van der Waals surface area contributed by atoms with Crippen molar-refractivity contribution >= 4 is 34.4 Å². The minimum Gasteiger partial charge on any atom is -0.368 e. The summed E-state index contributed by atoms with van der Waals surface area (Å²) in [5.74, 6) is 0. The Hall–Kier alpha value is -2.73. The van der Waals surface area contributed by atoms with E-state index < -0.39 is 0 Å². The number of para-hydroxylation sites is 2. The molecule has 1 saturated heterocycles. The van der Waals surface area contributed by atoms with Gasteiger partial charge in [0.25, 0.3) is 0 Å². The summed E-state index contributed by atoms with van der Waals surface area (Å²) in [7, 11) is 0. The Kier molecular flexibility index (Phi) is 4.19. The minimum absolute atomic E-state index is 0.117. The van der Waals surface area contributed by atoms with Gasteiger partial charge in [0.2, 0.25) is 0 Å². The fourth-order valence-electron chi connectivity index (χ4n) is 3.06. The Balaban J connectivity index is 1.40. The summed E-state index contributed by atoms with van der Waals surface area (Å²) in [6.45, 7) is 2.87. The van der Waals surface area contributed by atoms with E-state index in [-0.39, 0.29) is 6.03 Å². The van der Waals surface area contributed by atoms with Crippen LogP contribution < -0.4 is 10.3 Å². The summed E-state index contributed by atoms with van der Waals surface area (Å²) in [4.78, 5) is 20.9. The average molecular weight is 356 g/mol. The molecule has 0 bridgehead atoms. The molecule has 7 heteroatoms. The van der Waals surface area contributed by atoms with Crippen LogP contribution in [0.1, 0.15) is 0 Å². The number of nitrogens with one attached hydrogen (secondary N) is 1. The van der Waals surface area contributed by atoms with Crippen LogP contribution in [-0.2, 0) is 0 Å². The second-order valence-electron chi connectivity index (χ2n) is 5.97. The number of halogens is 1. The Morgan fingerprint density at radius 1 is 1.04 bits per heavy atom. The van der Waals surface area contributed by atoms with Crippen LogP contribution in [0.25, 0.3) is 11.0 Å². The van der Waals surface area contributed by atoms with Gasteiger partial charge in [-0.1, -0.05) is 29.8 Å². The molecule has 3 aromatic rings. The van der Waals surface area contributed by atoms with Crippen molar-refractivity contribution in [3.05, 3.63) is 59.9 Å². The minimum atomic E-state index is -0.117. The van der Waals surface area contributed by atoms with Crippen molar-refractivity contribution in [3.63, 3.8) is 0 Å². The van der Waals surface area contributed by atoms with Crippen LogP contribution >= 0.6 is 11.6 Å². The standard InChI is InChI=1S/C18H18ClN5O/c19-14-4-3-5-15(12-14)22-8-10-23(11-9-22)18(25)21-24-13-20-16-6-1-2-7-17(16)24/h1-7,12-13H,8-11H2,(H,21,25). The number of anilines is 1. The van der Waals surface area contributed by atoms with E-state index in [1.807, 2.05) is 53.4 Å². The monoisotopic (exact) mass is 355 g/mol. The van der Waals surface area contributed by atoms with E-state index in [2.05, 4.69) is 15.3 Å². The first-order valence-electron chi connectivity index (χ1n) is 8.19. The van der Waals surface area contributed by atoms with Gasteiger partial charge in [-0.25, -0.2) is 19.9 Å². The lowest BCUT2D eigenvalue weighted by Crippen LogP contribution is -2.51. The number of hydrogen-bond donors (Lipinski definition) is 1. The molecule has 0 aliphatic carbocycles. The lowest BCUT2D eigenvalue weighted by Gasteiger charge is -2.36. The zero-order valence-corrected chi connectivity index (χ0v) is 14.4. The van der Waals surface area contributed by atoms with Crippen LogP contribution in [0.4, 0.5) is 10.5 Å². The van der Waals surface area contributed by atoms with Gasteiger partial charge in [-0.05, 0) is 30.3 Å². The fraction of sp³-hybridized carbons (Fsp3) is 0.222. The summed E-state index contributed by atoms with van der Waals surface area (Å²) in [5, 5.41) is 0.727. The maximum Gasteiger partial charge on any atom is 0.336 e. The van der Waals surface area contributed by atoms with E-state index in [0.29, 0.717) is 13.1 Å². The normalized spacial score (nSPS) is 14.8. The predicted molar refractivity (Wildman–Crippen MR) is 99.7 cm³/mol. The molecule has 2 amide bonds. The molecule has 6 nitrogen and oxygen atoms in total. The first-order valence-corrected chi connectivity index (χ1v) is 8.57. The van der Waals surface area contributed by atoms with E-state index in [1.54, 1.807) is 11.0 Å². The number of amides is 2. The number of imidazole rings is 1. The van der Waals surface area contributed by atoms with Crippen LogP contribution in [-0.4, -0.2) is 46.8 Å². The molecule has 128 valence electrons. The molecule has 0 radical (unpaired) electrons. The zero-order valence-electron chi connectivity index (χ0n) is 13.6. The van der Waals surface area contributed by atoms with Gasteiger partial charge in [0.1, 0.15) is 6.33 Å². The van der Waals surface area contributed by atoms with E-state index in [4.69, 9.17) is 11.6 Å². The Morgan fingerprint density at radius 2 is 1.84 bits per heavy atom. The highest BCUT2D eigenvalue weighted by Gasteiger charge is 2.22. The largest absolute Gasteiger partial charge is 0.368 e. The van der Waals surface area contributed by atoms with E-state index >= 15 is 0 Å². The molecule has 0 unspecified atom stereocenters. The zero-order chi connectivity index (χ0) is 17.2. The first kappa shape index (κ1) is 15.8. The van der Waals surface area contributed by atoms with Crippen molar-refractivity contribution < 1.29 is 4.79 Å². The van der Waals surface area contributed by atoms with Gasteiger partial charge >= 0.3 is 6.03 Å². The molecule has 1 aliphatic rings. The number of nitrogens with zero attached hydrogens (tertiary/aromatic N) is 4. The van der Waals surface area contributed by atoms with Crippen LogP contribution in [0.3, 0.4) is 0 Å². The van der Waals surface area contributed by atoms with E-state index in [9.17, 15) is 4.79 Å². The van der Waals surface area contributed by atoms with Crippen LogP contribution in [0.2, 0.25) is 5.02 Å². The summed E-state index contributed by atoms with van der Waals surface area (Å²) < 4.78 is 1.67. The highest BCUT2D eigenvalue weighted by Crippen LogP contribution is 2.21. The number of piperazine rings is 1. The maximum absolute atomic E-state index is 12.5. The van der Waals surface area contributed by atoms with Crippen molar-refractivity contribution in [2.24, 2.45) is 0 Å². The number of benzene rings is 2. The summed E-state index contributed by atoms with van der Waals surface area (Å²) >= 11 is 6.06. The smallest absolute Gasteiger partial charge is 0.336 e. The maximum atomic E-state index is 12.5. The van der Waals surface area contributed by atoms with Crippen LogP contribution in [0.15, 0.2) is 54.9 Å². The Bertz CT molecular complexity index is 901. The number of fused-ring (bicyclic) bond motifs is 1. The van der Waals surface area contributed by atoms with Gasteiger partial charge in [-0.15, -0.1) is 0 Å². The van der Waals surface area contributed by atoms with Gasteiger partial charge in [0.15, 0.2) is 0 Å². The molecule has 0 saturated carbocycles. The molecule has 1 N–H and O–H groups in total. The molecule has 2 aromatic carbocycles. The molecule has 0 atom stereocenters. The van der Waals surface area contributed by atoms with E-state index in [0.717, 1.165) is 34.8 Å². The predicted octanol–water partition coefficient (Wildman–Crippen LogP) is 3.18. The van der Waals surface area contributed by atoms with E-state index in [1.165, 1.54) is 0 Å². The Morgan fingerprint density at radius 3 is 2.64 bits per heavy atom. The number of rotatable bonds is 2. The molecule has 0 spiro atoms. The molecule has 1 aromatic heterocycles. The van der Waals surface area contributed by atoms with Crippen molar-refractivity contribution in [1.29, 1.82) is 0 Å². The third-order valence-corrected chi connectivity index (χ3v) is 4.64. The third-order valence-electron chi connectivity index (χ3n) is 4.41. The molecular weight excluding hydrogens is 338 g/mol. The summed E-state index contributed by atoms with van der Waals surface area (Å²) in [6, 6.07) is 15.4.